The zero-order valence-electron chi connectivity index (χ0n) is 15.2. The molecule has 3 aromatic carbocycles. The summed E-state index contributed by atoms with van der Waals surface area (Å²) in [5.41, 5.74) is 5.55. The van der Waals surface area contributed by atoms with Crippen LogP contribution in [0.15, 0.2) is 82.1 Å². The molecule has 0 amide bonds. The molecule has 0 aliphatic rings. The van der Waals surface area contributed by atoms with Crippen molar-refractivity contribution >= 4 is 26.8 Å². The number of benzene rings is 3. The summed E-state index contributed by atoms with van der Waals surface area (Å²) in [6.07, 6.45) is 0. The van der Waals surface area contributed by atoms with Gasteiger partial charge in [0.1, 0.15) is 5.75 Å². The zero-order valence-corrected chi connectivity index (χ0v) is 16.8. The summed E-state index contributed by atoms with van der Waals surface area (Å²) in [7, 11) is 1.63. The second kappa shape index (κ2) is 7.86. The van der Waals surface area contributed by atoms with Gasteiger partial charge in [0.15, 0.2) is 5.82 Å². The highest BCUT2D eigenvalue weighted by molar-refractivity contribution is 9.10. The molecule has 5 nitrogen and oxygen atoms in total. The van der Waals surface area contributed by atoms with E-state index in [1.807, 2.05) is 66.7 Å². The highest BCUT2D eigenvalue weighted by atomic mass is 79.9. The molecule has 0 aliphatic carbocycles. The fourth-order valence-corrected chi connectivity index (χ4v) is 3.35. The van der Waals surface area contributed by atoms with E-state index in [0.717, 1.165) is 21.3 Å². The number of nitrogens with one attached hydrogen (secondary N) is 1. The molecule has 0 radical (unpaired) electrons. The molecule has 4 aromatic rings. The van der Waals surface area contributed by atoms with E-state index < -0.39 is 0 Å². The number of para-hydroxylation sites is 2. The molecule has 0 atom stereocenters. The number of aromatic nitrogens is 2. The second-order valence-electron chi connectivity index (χ2n) is 6.25. The summed E-state index contributed by atoms with van der Waals surface area (Å²) in [6, 6.07) is 22.8. The van der Waals surface area contributed by atoms with Gasteiger partial charge in [-0.1, -0.05) is 58.4 Å². The van der Waals surface area contributed by atoms with Crippen molar-refractivity contribution in [2.24, 2.45) is 0 Å². The van der Waals surface area contributed by atoms with Gasteiger partial charge in [-0.05, 0) is 30.3 Å². The zero-order chi connectivity index (χ0) is 19.5. The molecular weight excluding hydrogens is 418 g/mol. The van der Waals surface area contributed by atoms with Crippen molar-refractivity contribution in [1.29, 1.82) is 0 Å². The van der Waals surface area contributed by atoms with Crippen LogP contribution >= 0.6 is 15.9 Å². The smallest absolute Gasteiger partial charge is 0.280 e. The highest BCUT2D eigenvalue weighted by Gasteiger charge is 2.13. The number of nitrogens with zero attached hydrogens (tertiary/aromatic N) is 2. The SMILES string of the molecule is COc1ccccc1CNn1c(-c2ccc(Br)cc2)nc2ccccc2c1=O. The van der Waals surface area contributed by atoms with Gasteiger partial charge in [0, 0.05) is 15.6 Å². The molecule has 1 heterocycles. The van der Waals surface area contributed by atoms with Gasteiger partial charge >= 0.3 is 0 Å². The Morgan fingerprint density at radius 1 is 1.00 bits per heavy atom. The van der Waals surface area contributed by atoms with Crippen molar-refractivity contribution in [2.75, 3.05) is 12.5 Å². The van der Waals surface area contributed by atoms with Gasteiger partial charge in [-0.3, -0.25) is 4.79 Å². The van der Waals surface area contributed by atoms with Gasteiger partial charge in [0.2, 0.25) is 0 Å². The molecule has 0 spiro atoms. The van der Waals surface area contributed by atoms with Crippen molar-refractivity contribution in [1.82, 2.24) is 9.66 Å². The number of hydrogen-bond acceptors (Lipinski definition) is 4. The number of rotatable bonds is 5. The van der Waals surface area contributed by atoms with Gasteiger partial charge < -0.3 is 10.2 Å². The number of ether oxygens (including phenoxy) is 1. The molecule has 0 saturated heterocycles. The first-order chi connectivity index (χ1) is 13.7. The molecule has 0 unspecified atom stereocenters. The molecule has 4 rings (SSSR count). The second-order valence-corrected chi connectivity index (χ2v) is 7.16. The van der Waals surface area contributed by atoms with Crippen LogP contribution < -0.4 is 15.7 Å². The van der Waals surface area contributed by atoms with Gasteiger partial charge in [-0.15, -0.1) is 0 Å². The number of halogens is 1. The highest BCUT2D eigenvalue weighted by Crippen LogP contribution is 2.22. The maximum Gasteiger partial charge on any atom is 0.280 e. The summed E-state index contributed by atoms with van der Waals surface area (Å²) in [5, 5.41) is 0.566. The fourth-order valence-electron chi connectivity index (χ4n) is 3.09. The van der Waals surface area contributed by atoms with Crippen LogP contribution in [0.5, 0.6) is 5.75 Å². The van der Waals surface area contributed by atoms with E-state index in [0.29, 0.717) is 23.3 Å². The fraction of sp³-hybridized carbons (Fsp3) is 0.0909. The minimum atomic E-state index is -0.140. The third-order valence-corrected chi connectivity index (χ3v) is 5.03. The Labute approximate surface area is 170 Å². The van der Waals surface area contributed by atoms with E-state index >= 15 is 0 Å². The summed E-state index contributed by atoms with van der Waals surface area (Å²) >= 11 is 3.45. The number of hydrogen-bond donors (Lipinski definition) is 1. The molecule has 0 bridgehead atoms. The number of fused-ring (bicyclic) bond motifs is 1. The molecule has 6 heteroatoms. The lowest BCUT2D eigenvalue weighted by Crippen LogP contribution is -2.31. The van der Waals surface area contributed by atoms with Crippen molar-refractivity contribution in [2.45, 2.75) is 6.54 Å². The van der Waals surface area contributed by atoms with Crippen molar-refractivity contribution in [3.05, 3.63) is 93.2 Å². The van der Waals surface area contributed by atoms with Crippen molar-refractivity contribution in [3.8, 4) is 17.1 Å². The van der Waals surface area contributed by atoms with Crippen LogP contribution in [0.25, 0.3) is 22.3 Å². The molecule has 0 saturated carbocycles. The average Bonchev–Trinajstić information content (AvgIpc) is 2.74. The van der Waals surface area contributed by atoms with E-state index in [1.54, 1.807) is 13.2 Å². The van der Waals surface area contributed by atoms with Crippen LogP contribution in [-0.2, 0) is 6.54 Å². The summed E-state index contributed by atoms with van der Waals surface area (Å²) in [4.78, 5) is 17.9. The molecule has 140 valence electrons. The first-order valence-corrected chi connectivity index (χ1v) is 9.60. The van der Waals surface area contributed by atoms with Crippen LogP contribution in [-0.4, -0.2) is 16.8 Å². The van der Waals surface area contributed by atoms with Crippen molar-refractivity contribution < 1.29 is 4.74 Å². The average molecular weight is 436 g/mol. The Balaban J connectivity index is 1.83. The predicted molar refractivity (Wildman–Crippen MR) is 115 cm³/mol. The third-order valence-electron chi connectivity index (χ3n) is 4.50. The Bertz CT molecular complexity index is 1190. The molecule has 28 heavy (non-hydrogen) atoms. The standard InChI is InChI=1S/C22H18BrN3O2/c1-28-20-9-5-2-6-16(20)14-24-26-21(15-10-12-17(23)13-11-15)25-19-8-4-3-7-18(19)22(26)27/h2-13,24H,14H2,1H3. The van der Waals surface area contributed by atoms with Gasteiger partial charge in [0.25, 0.3) is 5.56 Å². The Kier molecular flexibility index (Phi) is 5.12. The van der Waals surface area contributed by atoms with Crippen LogP contribution in [0.1, 0.15) is 5.56 Å². The lowest BCUT2D eigenvalue weighted by Gasteiger charge is -2.16. The Morgan fingerprint density at radius 3 is 2.50 bits per heavy atom. The van der Waals surface area contributed by atoms with E-state index in [2.05, 4.69) is 21.4 Å². The monoisotopic (exact) mass is 435 g/mol. The molecule has 1 aromatic heterocycles. The van der Waals surface area contributed by atoms with E-state index in [-0.39, 0.29) is 5.56 Å². The normalized spacial score (nSPS) is 10.8. The maximum atomic E-state index is 13.2. The van der Waals surface area contributed by atoms with Gasteiger partial charge in [-0.25, -0.2) is 9.66 Å². The number of methoxy groups -OCH3 is 1. The van der Waals surface area contributed by atoms with E-state index in [9.17, 15) is 4.79 Å². The predicted octanol–water partition coefficient (Wildman–Crippen LogP) is 4.58. The Hall–Kier alpha value is -3.12. The minimum Gasteiger partial charge on any atom is -0.496 e. The van der Waals surface area contributed by atoms with E-state index in [1.165, 1.54) is 4.68 Å². The first kappa shape index (κ1) is 18.3. The van der Waals surface area contributed by atoms with Gasteiger partial charge in [0.05, 0.1) is 24.6 Å². The van der Waals surface area contributed by atoms with Crippen LogP contribution in [0, 0.1) is 0 Å². The topological polar surface area (TPSA) is 56.1 Å². The molecule has 0 fully saturated rings. The lowest BCUT2D eigenvalue weighted by atomic mass is 10.2. The lowest BCUT2D eigenvalue weighted by molar-refractivity contribution is 0.410. The maximum absolute atomic E-state index is 13.2. The molecular formula is C22H18BrN3O2. The Morgan fingerprint density at radius 2 is 1.71 bits per heavy atom. The van der Waals surface area contributed by atoms with Gasteiger partial charge in [-0.2, -0.15) is 0 Å². The minimum absolute atomic E-state index is 0.140. The largest absolute Gasteiger partial charge is 0.496 e. The first-order valence-electron chi connectivity index (χ1n) is 8.81. The summed E-state index contributed by atoms with van der Waals surface area (Å²) < 4.78 is 7.89. The summed E-state index contributed by atoms with van der Waals surface area (Å²) in [6.45, 7) is 0.424. The summed E-state index contributed by atoms with van der Waals surface area (Å²) in [5.74, 6) is 1.33. The molecule has 1 N–H and O–H groups in total. The van der Waals surface area contributed by atoms with Crippen LogP contribution in [0.2, 0.25) is 0 Å². The third kappa shape index (κ3) is 3.51. The van der Waals surface area contributed by atoms with Crippen LogP contribution in [0.4, 0.5) is 0 Å². The quantitative estimate of drug-likeness (QED) is 0.498. The van der Waals surface area contributed by atoms with E-state index in [4.69, 9.17) is 9.72 Å². The molecule has 0 aliphatic heterocycles. The van der Waals surface area contributed by atoms with Crippen LogP contribution in [0.3, 0.4) is 0 Å². The van der Waals surface area contributed by atoms with Crippen molar-refractivity contribution in [3.63, 3.8) is 0 Å².